The van der Waals surface area contributed by atoms with Crippen LogP contribution in [0.3, 0.4) is 0 Å². The molecule has 0 saturated carbocycles. The maximum absolute atomic E-state index is 12.6. The number of hydrogen-bond donors (Lipinski definition) is 2. The van der Waals surface area contributed by atoms with E-state index in [1.807, 2.05) is 11.0 Å². The average Bonchev–Trinajstić information content (AvgIpc) is 2.83. The number of nitrogens with one attached hydrogen (secondary N) is 2. The zero-order valence-corrected chi connectivity index (χ0v) is 21.6. The minimum atomic E-state index is 0. The van der Waals surface area contributed by atoms with Gasteiger partial charge in [0.05, 0.1) is 13.2 Å². The van der Waals surface area contributed by atoms with Gasteiger partial charge in [0.2, 0.25) is 5.91 Å². The topological polar surface area (TPSA) is 72.4 Å². The number of morpholine rings is 1. The molecule has 0 unspecified atom stereocenters. The predicted octanol–water partition coefficient (Wildman–Crippen LogP) is 1.62. The summed E-state index contributed by atoms with van der Waals surface area (Å²) in [6.07, 6.45) is 1.52. The van der Waals surface area contributed by atoms with E-state index in [-0.39, 0.29) is 29.9 Å². The summed E-state index contributed by atoms with van der Waals surface area (Å²) in [5.41, 5.74) is 1.23. The van der Waals surface area contributed by atoms with Crippen molar-refractivity contribution in [1.82, 2.24) is 20.4 Å². The van der Waals surface area contributed by atoms with Gasteiger partial charge in [-0.05, 0) is 25.5 Å². The number of para-hydroxylation sites is 1. The lowest BCUT2D eigenvalue weighted by molar-refractivity contribution is -0.131. The first kappa shape index (κ1) is 26.7. The molecule has 2 aliphatic rings. The van der Waals surface area contributed by atoms with E-state index < -0.39 is 0 Å². The van der Waals surface area contributed by atoms with Crippen molar-refractivity contribution in [3.8, 4) is 0 Å². The van der Waals surface area contributed by atoms with E-state index in [0.29, 0.717) is 13.0 Å². The summed E-state index contributed by atoms with van der Waals surface area (Å²) < 4.78 is 5.39. The molecule has 32 heavy (non-hydrogen) atoms. The number of piperazine rings is 1. The fourth-order valence-electron chi connectivity index (χ4n) is 3.95. The van der Waals surface area contributed by atoms with Gasteiger partial charge < -0.3 is 25.2 Å². The SMILES string of the molecule is CCNC(=NCCCN1CCOCC1)NCCC(=O)N1CCN(c2ccccc2)CC1.I. The van der Waals surface area contributed by atoms with Crippen molar-refractivity contribution in [3.05, 3.63) is 30.3 Å². The molecule has 0 atom stereocenters. The minimum Gasteiger partial charge on any atom is -0.379 e. The molecular formula is C23H39IN6O2. The van der Waals surface area contributed by atoms with Crippen LogP contribution in [0.2, 0.25) is 0 Å². The van der Waals surface area contributed by atoms with Crippen LogP contribution in [-0.4, -0.2) is 100 Å². The van der Waals surface area contributed by atoms with Crippen molar-refractivity contribution in [3.63, 3.8) is 0 Å². The molecule has 0 aromatic heterocycles. The number of guanidine groups is 1. The number of amides is 1. The molecular weight excluding hydrogens is 519 g/mol. The van der Waals surface area contributed by atoms with Crippen molar-refractivity contribution < 1.29 is 9.53 Å². The van der Waals surface area contributed by atoms with Gasteiger partial charge in [-0.25, -0.2) is 0 Å². The van der Waals surface area contributed by atoms with Crippen LogP contribution in [0.15, 0.2) is 35.3 Å². The third kappa shape index (κ3) is 9.11. The Morgan fingerprint density at radius 3 is 2.44 bits per heavy atom. The number of aliphatic imine (C=N–C) groups is 1. The highest BCUT2D eigenvalue weighted by Crippen LogP contribution is 2.15. The van der Waals surface area contributed by atoms with Gasteiger partial charge in [-0.1, -0.05) is 18.2 Å². The first-order chi connectivity index (χ1) is 15.3. The van der Waals surface area contributed by atoms with Gasteiger partial charge in [0, 0.05) is 77.6 Å². The number of nitrogens with zero attached hydrogens (tertiary/aromatic N) is 4. The van der Waals surface area contributed by atoms with Gasteiger partial charge in [-0.15, -0.1) is 24.0 Å². The lowest BCUT2D eigenvalue weighted by atomic mass is 10.2. The van der Waals surface area contributed by atoms with Gasteiger partial charge in [0.25, 0.3) is 0 Å². The average molecular weight is 559 g/mol. The Hall–Kier alpha value is -1.59. The lowest BCUT2D eigenvalue weighted by Gasteiger charge is -2.36. The highest BCUT2D eigenvalue weighted by Gasteiger charge is 2.20. The van der Waals surface area contributed by atoms with Crippen molar-refractivity contribution >= 4 is 41.5 Å². The molecule has 2 N–H and O–H groups in total. The first-order valence-corrected chi connectivity index (χ1v) is 11.7. The Balaban J connectivity index is 0.00000363. The van der Waals surface area contributed by atoms with E-state index in [9.17, 15) is 4.79 Å². The molecule has 1 aromatic carbocycles. The zero-order chi connectivity index (χ0) is 21.7. The number of rotatable bonds is 9. The lowest BCUT2D eigenvalue weighted by Crippen LogP contribution is -2.49. The second-order valence-corrected chi connectivity index (χ2v) is 7.95. The fraction of sp³-hybridized carbons (Fsp3) is 0.652. The number of anilines is 1. The number of carbonyl (C=O) groups excluding carboxylic acids is 1. The van der Waals surface area contributed by atoms with Crippen LogP contribution < -0.4 is 15.5 Å². The third-order valence-corrected chi connectivity index (χ3v) is 5.74. The molecule has 8 nitrogen and oxygen atoms in total. The second kappa shape index (κ2) is 15.3. The van der Waals surface area contributed by atoms with Crippen LogP contribution in [0.25, 0.3) is 0 Å². The van der Waals surface area contributed by atoms with Crippen molar-refractivity contribution in [2.75, 3.05) is 83.6 Å². The van der Waals surface area contributed by atoms with E-state index in [1.165, 1.54) is 5.69 Å². The summed E-state index contributed by atoms with van der Waals surface area (Å²) in [6, 6.07) is 10.4. The Morgan fingerprint density at radius 1 is 1.03 bits per heavy atom. The highest BCUT2D eigenvalue weighted by atomic mass is 127. The van der Waals surface area contributed by atoms with Crippen LogP contribution in [0.4, 0.5) is 5.69 Å². The monoisotopic (exact) mass is 558 g/mol. The highest BCUT2D eigenvalue weighted by molar-refractivity contribution is 14.0. The first-order valence-electron chi connectivity index (χ1n) is 11.7. The van der Waals surface area contributed by atoms with Crippen molar-refractivity contribution in [2.45, 2.75) is 19.8 Å². The number of benzene rings is 1. The van der Waals surface area contributed by atoms with E-state index in [0.717, 1.165) is 84.5 Å². The molecule has 0 aliphatic carbocycles. The molecule has 2 fully saturated rings. The standard InChI is InChI=1S/C23H38N6O2.HI/c1-2-24-23(25-10-6-12-27-17-19-31-20-18-27)26-11-9-22(30)29-15-13-28(14-16-29)21-7-4-3-5-8-21;/h3-5,7-8H,2,6,9-20H2,1H3,(H2,24,25,26);1H. The van der Waals surface area contributed by atoms with Gasteiger partial charge in [0.1, 0.15) is 0 Å². The van der Waals surface area contributed by atoms with Crippen molar-refractivity contribution in [2.24, 2.45) is 4.99 Å². The Morgan fingerprint density at radius 2 is 1.75 bits per heavy atom. The van der Waals surface area contributed by atoms with Crippen LogP contribution in [0.1, 0.15) is 19.8 Å². The summed E-state index contributed by atoms with van der Waals surface area (Å²) in [7, 11) is 0. The molecule has 2 saturated heterocycles. The summed E-state index contributed by atoms with van der Waals surface area (Å²) in [5.74, 6) is 1.01. The summed E-state index contributed by atoms with van der Waals surface area (Å²) in [5, 5.41) is 6.58. The van der Waals surface area contributed by atoms with E-state index in [4.69, 9.17) is 4.74 Å². The maximum Gasteiger partial charge on any atom is 0.224 e. The number of hydrogen-bond acceptors (Lipinski definition) is 5. The molecule has 0 radical (unpaired) electrons. The van der Waals surface area contributed by atoms with E-state index in [2.05, 4.69) is 56.6 Å². The largest absolute Gasteiger partial charge is 0.379 e. The zero-order valence-electron chi connectivity index (χ0n) is 19.3. The third-order valence-electron chi connectivity index (χ3n) is 5.74. The summed E-state index contributed by atoms with van der Waals surface area (Å²) in [6.45, 7) is 12.3. The van der Waals surface area contributed by atoms with Crippen LogP contribution in [0, 0.1) is 0 Å². The number of carbonyl (C=O) groups is 1. The molecule has 9 heteroatoms. The Bertz CT molecular complexity index is 676. The maximum atomic E-state index is 12.6. The number of halogens is 1. The van der Waals surface area contributed by atoms with Gasteiger partial charge in [0.15, 0.2) is 5.96 Å². The summed E-state index contributed by atoms with van der Waals surface area (Å²) in [4.78, 5) is 24.0. The molecule has 1 aromatic rings. The Labute approximate surface area is 209 Å². The van der Waals surface area contributed by atoms with Gasteiger partial charge >= 0.3 is 0 Å². The summed E-state index contributed by atoms with van der Waals surface area (Å²) >= 11 is 0. The van der Waals surface area contributed by atoms with E-state index in [1.54, 1.807) is 0 Å². The fourth-order valence-corrected chi connectivity index (χ4v) is 3.95. The van der Waals surface area contributed by atoms with Gasteiger partial charge in [-0.3, -0.25) is 14.7 Å². The second-order valence-electron chi connectivity index (χ2n) is 7.95. The molecule has 3 rings (SSSR count). The molecule has 2 heterocycles. The van der Waals surface area contributed by atoms with Crippen LogP contribution >= 0.6 is 24.0 Å². The van der Waals surface area contributed by atoms with E-state index >= 15 is 0 Å². The Kier molecular flexibility index (Phi) is 12.7. The molecule has 180 valence electrons. The molecule has 1 amide bonds. The number of ether oxygens (including phenoxy) is 1. The predicted molar refractivity (Wildman–Crippen MR) is 141 cm³/mol. The van der Waals surface area contributed by atoms with Crippen LogP contribution in [-0.2, 0) is 9.53 Å². The normalized spacial score (nSPS) is 17.6. The quantitative estimate of drug-likeness (QED) is 0.208. The molecule has 0 bridgehead atoms. The molecule has 0 spiro atoms. The van der Waals surface area contributed by atoms with Crippen LogP contribution in [0.5, 0.6) is 0 Å². The van der Waals surface area contributed by atoms with Gasteiger partial charge in [-0.2, -0.15) is 0 Å². The smallest absolute Gasteiger partial charge is 0.224 e. The molecule has 2 aliphatic heterocycles. The minimum absolute atomic E-state index is 0. The van der Waals surface area contributed by atoms with Crippen molar-refractivity contribution in [1.29, 1.82) is 0 Å².